The summed E-state index contributed by atoms with van der Waals surface area (Å²) in [5.41, 5.74) is 18.9. The Bertz CT molecular complexity index is 2360. The quantitative estimate of drug-likeness (QED) is 0.0720. The van der Waals surface area contributed by atoms with E-state index in [1.165, 1.54) is 36.8 Å². The minimum atomic E-state index is -0.942. The maximum absolute atomic E-state index is 13.8. The normalized spacial score (nSPS) is 15.6. The molecule has 2 atom stereocenters. The maximum Gasteiger partial charge on any atom is 0.509 e. The number of carbonyl (C=O) groups is 1. The first-order valence-corrected chi connectivity index (χ1v) is 21.9. The fraction of sp³-hybridized carbons (Fsp3) is 0.489. The lowest BCUT2D eigenvalue weighted by Crippen LogP contribution is -2.19. The van der Waals surface area contributed by atoms with Gasteiger partial charge in [-0.15, -0.1) is 0 Å². The molecule has 4 aromatic heterocycles. The summed E-state index contributed by atoms with van der Waals surface area (Å²) in [4.78, 5) is 46.5. The van der Waals surface area contributed by atoms with Gasteiger partial charge in [-0.1, -0.05) is 48.5 Å². The molecule has 0 amide bonds. The molecule has 8 rings (SSSR count). The number of methoxy groups -OCH3 is 2. The molecule has 0 aliphatic carbocycles. The van der Waals surface area contributed by atoms with E-state index in [-0.39, 0.29) is 36.9 Å². The number of hydrogen-bond donors (Lipinski definition) is 2. The molecule has 19 heteroatoms. The molecular formula is C45H58N12O7. The van der Waals surface area contributed by atoms with Gasteiger partial charge < -0.3 is 49.0 Å². The molecule has 6 aromatic rings. The third kappa shape index (κ3) is 10.6. The fourth-order valence-electron chi connectivity index (χ4n) is 8.37. The van der Waals surface area contributed by atoms with Gasteiger partial charge in [0.1, 0.15) is 13.2 Å². The number of nitrogens with two attached hydrogens (primary N) is 2. The first kappa shape index (κ1) is 44.5. The molecule has 2 saturated heterocycles. The summed E-state index contributed by atoms with van der Waals surface area (Å²) in [6.45, 7) is 11.4. The highest BCUT2D eigenvalue weighted by Gasteiger charge is 2.28. The van der Waals surface area contributed by atoms with Crippen molar-refractivity contribution in [2.75, 3.05) is 78.3 Å². The number of nitrogens with zero attached hydrogens (tertiary/aromatic N) is 10. The molecule has 0 bridgehead atoms. The van der Waals surface area contributed by atoms with E-state index in [0.29, 0.717) is 60.3 Å². The monoisotopic (exact) mass is 878 g/mol. The number of fused-ring (bicyclic) bond motifs is 2. The van der Waals surface area contributed by atoms with E-state index >= 15 is 0 Å². The number of ether oxygens (including phenoxy) is 6. The Morgan fingerprint density at radius 3 is 1.36 bits per heavy atom. The van der Waals surface area contributed by atoms with Crippen LogP contribution in [0.4, 0.5) is 16.4 Å². The van der Waals surface area contributed by atoms with Crippen LogP contribution in [0.2, 0.25) is 0 Å². The lowest BCUT2D eigenvalue weighted by molar-refractivity contribution is 0.000812. The number of aromatic nitrogens is 8. The van der Waals surface area contributed by atoms with Crippen LogP contribution in [0.15, 0.2) is 48.5 Å². The molecule has 0 saturated carbocycles. The third-order valence-electron chi connectivity index (χ3n) is 11.4. The molecule has 0 spiro atoms. The molecule has 2 unspecified atom stereocenters. The highest BCUT2D eigenvalue weighted by molar-refractivity contribution is 5.83. The zero-order chi connectivity index (χ0) is 44.6. The summed E-state index contributed by atoms with van der Waals surface area (Å²) < 4.78 is 37.6. The standard InChI is InChI=1S/C45H58N12O7/c1-29(39-48-35-37(46)50-43(61-21-19-59-3)52-41(35)56(39)27-33-13-9-11-31(23-33)25-54-15-5-6-16-54)63-45(58)64-30(2)40-49-36-38(47)51-44(62-22-20-60-4)53-42(36)57(40)28-34-14-10-12-32(24-34)26-55-17-7-8-18-55/h9-14,23-24,29-30H,5-8,15-22,25-28H2,1-4H3,(H2,46,50,52)(H2,47,51,53). The van der Waals surface area contributed by atoms with Gasteiger partial charge in [0, 0.05) is 27.3 Å². The van der Waals surface area contributed by atoms with Crippen LogP contribution in [-0.4, -0.2) is 122 Å². The van der Waals surface area contributed by atoms with E-state index in [1.54, 1.807) is 28.1 Å². The Morgan fingerprint density at radius 2 is 0.969 bits per heavy atom. The number of nitrogen functional groups attached to an aromatic ring is 2. The van der Waals surface area contributed by atoms with Crippen molar-refractivity contribution in [3.8, 4) is 12.0 Å². The van der Waals surface area contributed by atoms with Gasteiger partial charge in [0.25, 0.3) is 0 Å². The predicted octanol–water partition coefficient (Wildman–Crippen LogP) is 5.44. The van der Waals surface area contributed by atoms with Crippen LogP contribution in [0.3, 0.4) is 0 Å². The van der Waals surface area contributed by atoms with E-state index in [1.807, 2.05) is 33.4 Å². The van der Waals surface area contributed by atoms with Crippen molar-refractivity contribution in [2.45, 2.75) is 77.9 Å². The molecule has 2 aliphatic heterocycles. The fourth-order valence-corrected chi connectivity index (χ4v) is 8.37. The lowest BCUT2D eigenvalue weighted by Gasteiger charge is -2.19. The molecule has 2 aliphatic rings. The Balaban J connectivity index is 1.06. The molecule has 6 heterocycles. The second-order valence-electron chi connectivity index (χ2n) is 16.3. The highest BCUT2D eigenvalue weighted by atomic mass is 16.7. The molecule has 64 heavy (non-hydrogen) atoms. The molecular weight excluding hydrogens is 821 g/mol. The summed E-state index contributed by atoms with van der Waals surface area (Å²) in [6.07, 6.45) is 2.07. The van der Waals surface area contributed by atoms with Crippen molar-refractivity contribution >= 4 is 40.1 Å². The molecule has 340 valence electrons. The Labute approximate surface area is 372 Å². The number of rotatable bonds is 20. The van der Waals surface area contributed by atoms with Crippen molar-refractivity contribution in [2.24, 2.45) is 0 Å². The number of anilines is 2. The Hall–Kier alpha value is -6.15. The first-order chi connectivity index (χ1) is 31.1. The van der Waals surface area contributed by atoms with E-state index in [0.717, 1.165) is 50.4 Å². The topological polar surface area (TPSA) is 218 Å². The minimum absolute atomic E-state index is 0.0829. The largest absolute Gasteiger partial charge is 0.509 e. The third-order valence-corrected chi connectivity index (χ3v) is 11.4. The summed E-state index contributed by atoms with van der Waals surface area (Å²) in [5.74, 6) is 1.03. The van der Waals surface area contributed by atoms with Gasteiger partial charge in [-0.25, -0.2) is 14.8 Å². The molecule has 0 radical (unpaired) electrons. The number of likely N-dealkylation sites (tertiary alicyclic amines) is 2. The first-order valence-electron chi connectivity index (χ1n) is 21.9. The van der Waals surface area contributed by atoms with E-state index in [4.69, 9.17) is 59.8 Å². The van der Waals surface area contributed by atoms with Crippen molar-refractivity contribution in [1.82, 2.24) is 48.8 Å². The predicted molar refractivity (Wildman–Crippen MR) is 239 cm³/mol. The summed E-state index contributed by atoms with van der Waals surface area (Å²) in [7, 11) is 3.17. The number of imidazole rings is 2. The highest BCUT2D eigenvalue weighted by Crippen LogP contribution is 2.31. The second-order valence-corrected chi connectivity index (χ2v) is 16.3. The Morgan fingerprint density at radius 1 is 0.578 bits per heavy atom. The smallest absolute Gasteiger partial charge is 0.461 e. The molecule has 4 N–H and O–H groups in total. The van der Waals surface area contributed by atoms with Crippen molar-refractivity contribution in [3.05, 3.63) is 82.4 Å². The van der Waals surface area contributed by atoms with Gasteiger partial charge in [0.15, 0.2) is 57.8 Å². The minimum Gasteiger partial charge on any atom is -0.461 e. The van der Waals surface area contributed by atoms with Crippen LogP contribution >= 0.6 is 0 Å². The van der Waals surface area contributed by atoms with Crippen LogP contribution in [0, 0.1) is 0 Å². The van der Waals surface area contributed by atoms with Gasteiger partial charge in [-0.05, 0) is 88.0 Å². The van der Waals surface area contributed by atoms with Crippen molar-refractivity contribution in [3.63, 3.8) is 0 Å². The van der Waals surface area contributed by atoms with E-state index in [2.05, 4.69) is 44.0 Å². The zero-order valence-corrected chi connectivity index (χ0v) is 37.1. The average molecular weight is 879 g/mol. The number of hydrogen-bond acceptors (Lipinski definition) is 17. The van der Waals surface area contributed by atoms with Crippen LogP contribution in [0.5, 0.6) is 12.0 Å². The van der Waals surface area contributed by atoms with Crippen LogP contribution in [0.1, 0.15) is 85.6 Å². The number of benzene rings is 2. The number of carbonyl (C=O) groups excluding carboxylic acids is 1. The maximum atomic E-state index is 13.8. The SMILES string of the molecule is COCCOc1nc(N)c2nc(C(C)OC(=O)OC(C)c3nc4c(N)nc(OCCOC)nc4n3Cc3cccc(CN4CCCC4)c3)n(Cc3cccc(CN4CCCC4)c3)c2n1. The molecule has 2 fully saturated rings. The van der Waals surface area contributed by atoms with Gasteiger partial charge in [0.2, 0.25) is 0 Å². The molecule has 2 aromatic carbocycles. The van der Waals surface area contributed by atoms with Gasteiger partial charge in [-0.2, -0.15) is 19.9 Å². The van der Waals surface area contributed by atoms with Crippen LogP contribution in [-0.2, 0) is 45.1 Å². The summed E-state index contributed by atoms with van der Waals surface area (Å²) in [5, 5.41) is 0. The van der Waals surface area contributed by atoms with E-state index in [9.17, 15) is 4.79 Å². The van der Waals surface area contributed by atoms with Gasteiger partial charge in [-0.3, -0.25) is 9.80 Å². The zero-order valence-electron chi connectivity index (χ0n) is 37.1. The van der Waals surface area contributed by atoms with Crippen molar-refractivity contribution < 1.29 is 33.2 Å². The summed E-state index contributed by atoms with van der Waals surface area (Å²) in [6, 6.07) is 17.0. The van der Waals surface area contributed by atoms with Crippen LogP contribution in [0.25, 0.3) is 22.3 Å². The Kier molecular flexibility index (Phi) is 14.3. The lowest BCUT2D eigenvalue weighted by atomic mass is 10.1. The van der Waals surface area contributed by atoms with Gasteiger partial charge >= 0.3 is 18.2 Å². The van der Waals surface area contributed by atoms with Gasteiger partial charge in [0.05, 0.1) is 26.3 Å². The second kappa shape index (κ2) is 20.6. The van der Waals surface area contributed by atoms with E-state index < -0.39 is 18.4 Å². The summed E-state index contributed by atoms with van der Waals surface area (Å²) >= 11 is 0. The molecule has 19 nitrogen and oxygen atoms in total. The average Bonchev–Trinajstić information content (AvgIpc) is 4.11. The van der Waals surface area contributed by atoms with Crippen molar-refractivity contribution in [1.29, 1.82) is 0 Å². The van der Waals surface area contributed by atoms with Crippen LogP contribution < -0.4 is 20.9 Å².